The van der Waals surface area contributed by atoms with Crippen molar-refractivity contribution >= 4 is 11.7 Å². The standard InChI is InChI=1S/C27H40N4O/c1-4-5-6-7-8-9-13-16-26(32)30-17-19-31(20-18-30)27-25(22(2)28-23(3)29-27)21-24-14-11-10-12-15-24/h10-12,14-15H,4-9,13,16-21H2,1-3H3. The van der Waals surface area contributed by atoms with E-state index in [0.29, 0.717) is 12.3 Å². The first kappa shape index (κ1) is 24.2. The van der Waals surface area contributed by atoms with Crippen molar-refractivity contribution in [2.24, 2.45) is 0 Å². The van der Waals surface area contributed by atoms with Crippen LogP contribution in [0.3, 0.4) is 0 Å². The average molecular weight is 437 g/mol. The predicted octanol–water partition coefficient (Wildman–Crippen LogP) is 5.47. The minimum Gasteiger partial charge on any atom is -0.353 e. The lowest BCUT2D eigenvalue weighted by Crippen LogP contribution is -2.49. The number of anilines is 1. The number of aryl methyl sites for hydroxylation is 2. The van der Waals surface area contributed by atoms with Crippen LogP contribution < -0.4 is 4.90 Å². The van der Waals surface area contributed by atoms with Gasteiger partial charge in [0, 0.05) is 50.3 Å². The number of carbonyl (C=O) groups is 1. The van der Waals surface area contributed by atoms with Crippen molar-refractivity contribution in [2.45, 2.75) is 78.6 Å². The van der Waals surface area contributed by atoms with Gasteiger partial charge in [0.1, 0.15) is 11.6 Å². The molecule has 3 rings (SSSR count). The molecule has 1 aliphatic rings. The van der Waals surface area contributed by atoms with Gasteiger partial charge in [-0.25, -0.2) is 9.97 Å². The van der Waals surface area contributed by atoms with E-state index in [1.807, 2.05) is 17.9 Å². The number of hydrogen-bond acceptors (Lipinski definition) is 4. The Morgan fingerprint density at radius 3 is 2.22 bits per heavy atom. The third kappa shape index (κ3) is 7.04. The summed E-state index contributed by atoms with van der Waals surface area (Å²) in [6.07, 6.45) is 10.3. The quantitative estimate of drug-likeness (QED) is 0.438. The molecule has 0 spiro atoms. The first-order valence-electron chi connectivity index (χ1n) is 12.5. The molecular weight excluding hydrogens is 396 g/mol. The zero-order chi connectivity index (χ0) is 22.8. The van der Waals surface area contributed by atoms with Crippen LogP contribution in [0.2, 0.25) is 0 Å². The second kappa shape index (κ2) is 12.6. The van der Waals surface area contributed by atoms with E-state index < -0.39 is 0 Å². The molecule has 0 saturated carbocycles. The molecule has 2 aromatic rings. The lowest BCUT2D eigenvalue weighted by molar-refractivity contribution is -0.131. The van der Waals surface area contributed by atoms with Gasteiger partial charge >= 0.3 is 0 Å². The molecule has 1 aromatic carbocycles. The largest absolute Gasteiger partial charge is 0.353 e. The predicted molar refractivity (Wildman–Crippen MR) is 132 cm³/mol. The summed E-state index contributed by atoms with van der Waals surface area (Å²) in [6.45, 7) is 9.52. The molecule has 5 heteroatoms. The van der Waals surface area contributed by atoms with Gasteiger partial charge in [0.05, 0.1) is 0 Å². The summed E-state index contributed by atoms with van der Waals surface area (Å²) < 4.78 is 0. The summed E-state index contributed by atoms with van der Waals surface area (Å²) in [6, 6.07) is 10.5. The van der Waals surface area contributed by atoms with Crippen LogP contribution in [-0.4, -0.2) is 47.0 Å². The minimum absolute atomic E-state index is 0.317. The number of aromatic nitrogens is 2. The van der Waals surface area contributed by atoms with Crippen LogP contribution in [0.4, 0.5) is 5.82 Å². The fourth-order valence-electron chi connectivity index (χ4n) is 4.55. The lowest BCUT2D eigenvalue weighted by atomic mass is 10.0. The molecule has 1 fully saturated rings. The third-order valence-corrected chi connectivity index (χ3v) is 6.45. The fraction of sp³-hybridized carbons (Fsp3) is 0.593. The van der Waals surface area contributed by atoms with Crippen LogP contribution in [0, 0.1) is 13.8 Å². The monoisotopic (exact) mass is 436 g/mol. The first-order chi connectivity index (χ1) is 15.6. The van der Waals surface area contributed by atoms with E-state index in [4.69, 9.17) is 4.98 Å². The van der Waals surface area contributed by atoms with Gasteiger partial charge in [0.25, 0.3) is 0 Å². The van der Waals surface area contributed by atoms with Crippen LogP contribution >= 0.6 is 0 Å². The zero-order valence-corrected chi connectivity index (χ0v) is 20.3. The molecule has 174 valence electrons. The topological polar surface area (TPSA) is 49.3 Å². The van der Waals surface area contributed by atoms with Gasteiger partial charge in [-0.1, -0.05) is 75.8 Å². The Kier molecular flexibility index (Phi) is 9.51. The molecule has 1 amide bonds. The molecule has 0 unspecified atom stereocenters. The van der Waals surface area contributed by atoms with Crippen LogP contribution in [0.15, 0.2) is 30.3 Å². The van der Waals surface area contributed by atoms with Gasteiger partial charge in [-0.05, 0) is 25.8 Å². The second-order valence-electron chi connectivity index (χ2n) is 9.06. The van der Waals surface area contributed by atoms with Crippen LogP contribution in [0.5, 0.6) is 0 Å². The molecule has 1 aromatic heterocycles. The van der Waals surface area contributed by atoms with Crippen LogP contribution in [0.25, 0.3) is 0 Å². The number of carbonyl (C=O) groups excluding carboxylic acids is 1. The molecular formula is C27H40N4O. The molecule has 2 heterocycles. The summed E-state index contributed by atoms with van der Waals surface area (Å²) in [5.41, 5.74) is 3.52. The van der Waals surface area contributed by atoms with Gasteiger partial charge in [0.2, 0.25) is 5.91 Å². The van der Waals surface area contributed by atoms with Gasteiger partial charge in [-0.3, -0.25) is 4.79 Å². The Morgan fingerprint density at radius 1 is 0.875 bits per heavy atom. The van der Waals surface area contributed by atoms with E-state index in [2.05, 4.69) is 48.0 Å². The molecule has 1 aliphatic heterocycles. The number of hydrogen-bond donors (Lipinski definition) is 0. The number of piperazine rings is 1. The summed E-state index contributed by atoms with van der Waals surface area (Å²) in [7, 11) is 0. The molecule has 32 heavy (non-hydrogen) atoms. The fourth-order valence-corrected chi connectivity index (χ4v) is 4.55. The Morgan fingerprint density at radius 2 is 1.53 bits per heavy atom. The van der Waals surface area contributed by atoms with Gasteiger partial charge in [-0.15, -0.1) is 0 Å². The number of unbranched alkanes of at least 4 members (excludes halogenated alkanes) is 6. The van der Waals surface area contributed by atoms with Crippen molar-refractivity contribution in [3.63, 3.8) is 0 Å². The number of nitrogens with zero attached hydrogens (tertiary/aromatic N) is 4. The Balaban J connectivity index is 1.53. The molecule has 0 aliphatic carbocycles. The smallest absolute Gasteiger partial charge is 0.222 e. The van der Waals surface area contributed by atoms with Crippen molar-refractivity contribution in [1.29, 1.82) is 0 Å². The van der Waals surface area contributed by atoms with Crippen molar-refractivity contribution in [3.8, 4) is 0 Å². The summed E-state index contributed by atoms with van der Waals surface area (Å²) in [5, 5.41) is 0. The van der Waals surface area contributed by atoms with E-state index >= 15 is 0 Å². The van der Waals surface area contributed by atoms with Crippen molar-refractivity contribution in [2.75, 3.05) is 31.1 Å². The first-order valence-corrected chi connectivity index (χ1v) is 12.5. The zero-order valence-electron chi connectivity index (χ0n) is 20.3. The van der Waals surface area contributed by atoms with E-state index in [9.17, 15) is 4.79 Å². The molecule has 1 saturated heterocycles. The highest BCUT2D eigenvalue weighted by molar-refractivity contribution is 5.76. The summed E-state index contributed by atoms with van der Waals surface area (Å²) in [5.74, 6) is 2.17. The van der Waals surface area contributed by atoms with Gasteiger partial charge in [0.15, 0.2) is 0 Å². The maximum absolute atomic E-state index is 12.7. The van der Waals surface area contributed by atoms with Crippen molar-refractivity contribution < 1.29 is 4.79 Å². The SMILES string of the molecule is CCCCCCCCCC(=O)N1CCN(c2nc(C)nc(C)c2Cc2ccccc2)CC1. The van der Waals surface area contributed by atoms with Crippen LogP contribution in [0.1, 0.15) is 80.9 Å². The lowest BCUT2D eigenvalue weighted by Gasteiger charge is -2.36. The Bertz CT molecular complexity index is 844. The maximum Gasteiger partial charge on any atom is 0.222 e. The number of rotatable bonds is 11. The number of benzene rings is 1. The molecule has 0 bridgehead atoms. The summed E-state index contributed by atoms with van der Waals surface area (Å²) >= 11 is 0. The van der Waals surface area contributed by atoms with Crippen LogP contribution in [-0.2, 0) is 11.2 Å². The second-order valence-corrected chi connectivity index (χ2v) is 9.06. The minimum atomic E-state index is 0.317. The maximum atomic E-state index is 12.7. The average Bonchev–Trinajstić information content (AvgIpc) is 2.81. The molecule has 5 nitrogen and oxygen atoms in total. The highest BCUT2D eigenvalue weighted by Gasteiger charge is 2.24. The molecule has 0 radical (unpaired) electrons. The van der Waals surface area contributed by atoms with E-state index in [1.165, 1.54) is 49.7 Å². The molecule has 0 atom stereocenters. The van der Waals surface area contributed by atoms with Crippen molar-refractivity contribution in [1.82, 2.24) is 14.9 Å². The Hall–Kier alpha value is -2.43. The molecule has 0 N–H and O–H groups in total. The highest BCUT2D eigenvalue weighted by Crippen LogP contribution is 2.25. The van der Waals surface area contributed by atoms with Gasteiger partial charge < -0.3 is 9.80 Å². The normalized spacial score (nSPS) is 14.1. The van der Waals surface area contributed by atoms with E-state index in [0.717, 1.165) is 56.4 Å². The van der Waals surface area contributed by atoms with E-state index in [1.54, 1.807) is 0 Å². The third-order valence-electron chi connectivity index (χ3n) is 6.45. The number of amides is 1. The summed E-state index contributed by atoms with van der Waals surface area (Å²) in [4.78, 5) is 26.5. The Labute approximate surface area is 194 Å². The van der Waals surface area contributed by atoms with Crippen molar-refractivity contribution in [3.05, 3.63) is 53.0 Å². The highest BCUT2D eigenvalue weighted by atomic mass is 16.2. The van der Waals surface area contributed by atoms with E-state index in [-0.39, 0.29) is 0 Å². The van der Waals surface area contributed by atoms with Gasteiger partial charge in [-0.2, -0.15) is 0 Å².